The van der Waals surface area contributed by atoms with Gasteiger partial charge in [-0.05, 0) is 56.0 Å². The number of para-hydroxylation sites is 1. The fraction of sp³-hybridized carbons (Fsp3) is 0.379. The normalized spacial score (nSPS) is 19.7. The topological polar surface area (TPSA) is 118 Å². The van der Waals surface area contributed by atoms with Crippen LogP contribution in [0.1, 0.15) is 31.0 Å². The van der Waals surface area contributed by atoms with Crippen molar-refractivity contribution in [1.82, 2.24) is 20.1 Å². The smallest absolute Gasteiger partial charge is 0.169 e. The Morgan fingerprint density at radius 1 is 1.10 bits per heavy atom. The Hall–Kier alpha value is -4.41. The first-order chi connectivity index (χ1) is 18.9. The van der Waals surface area contributed by atoms with Gasteiger partial charge in [-0.3, -0.25) is 4.90 Å². The van der Waals surface area contributed by atoms with Gasteiger partial charge in [0.25, 0.3) is 0 Å². The summed E-state index contributed by atoms with van der Waals surface area (Å²) in [5.41, 5.74) is 9.03. The van der Waals surface area contributed by atoms with Gasteiger partial charge in [0.1, 0.15) is 29.5 Å². The second-order valence-corrected chi connectivity index (χ2v) is 9.94. The number of hydrogen-bond acceptors (Lipinski definition) is 9. The van der Waals surface area contributed by atoms with Gasteiger partial charge < -0.3 is 20.6 Å². The van der Waals surface area contributed by atoms with Gasteiger partial charge >= 0.3 is 0 Å². The summed E-state index contributed by atoms with van der Waals surface area (Å²) in [7, 11) is 0. The van der Waals surface area contributed by atoms with E-state index in [2.05, 4.69) is 44.8 Å². The Kier molecular flexibility index (Phi) is 7.76. The highest BCUT2D eigenvalue weighted by molar-refractivity contribution is 5.74. The summed E-state index contributed by atoms with van der Waals surface area (Å²) in [6.07, 6.45) is 0.595. The molecule has 2 aromatic heterocycles. The zero-order valence-electron chi connectivity index (χ0n) is 21.9. The summed E-state index contributed by atoms with van der Waals surface area (Å²) >= 11 is 0. The number of anilines is 3. The van der Waals surface area contributed by atoms with Gasteiger partial charge in [0.2, 0.25) is 0 Å². The molecule has 4 heterocycles. The number of halogens is 1. The molecule has 0 unspecified atom stereocenters. The average molecular weight is 527 g/mol. The SMILES string of the molecule is C[C@@H]1CCN(c2cc(-c3ccccc3O)nnc2N)CCN1c1ccc(C#N)c(C#CCN2CC[C@H](F)C2)n1. The summed E-state index contributed by atoms with van der Waals surface area (Å²) in [4.78, 5) is 11.1. The lowest BCUT2D eigenvalue weighted by Gasteiger charge is -2.28. The maximum absolute atomic E-state index is 13.5. The molecule has 2 atom stereocenters. The van der Waals surface area contributed by atoms with Gasteiger partial charge in [-0.15, -0.1) is 10.2 Å². The van der Waals surface area contributed by atoms with Crippen LogP contribution in [0, 0.1) is 23.2 Å². The first-order valence-electron chi connectivity index (χ1n) is 13.1. The molecule has 0 bridgehead atoms. The van der Waals surface area contributed by atoms with E-state index >= 15 is 0 Å². The van der Waals surface area contributed by atoms with Gasteiger partial charge in [-0.1, -0.05) is 18.1 Å². The van der Waals surface area contributed by atoms with Crippen LogP contribution in [0.3, 0.4) is 0 Å². The quantitative estimate of drug-likeness (QED) is 0.494. The van der Waals surface area contributed by atoms with Crippen molar-refractivity contribution in [2.75, 3.05) is 54.8 Å². The van der Waals surface area contributed by atoms with E-state index in [0.717, 1.165) is 24.5 Å². The Bertz CT molecular complexity index is 1450. The molecule has 0 amide bonds. The molecule has 2 fully saturated rings. The number of nitrogen functional groups attached to an aromatic ring is 1. The number of hydrogen-bond donors (Lipinski definition) is 2. The molecule has 2 aliphatic heterocycles. The first-order valence-corrected chi connectivity index (χ1v) is 13.1. The first kappa shape index (κ1) is 26.2. The molecular weight excluding hydrogens is 495 g/mol. The van der Waals surface area contributed by atoms with Gasteiger partial charge in [0.05, 0.1) is 23.5 Å². The summed E-state index contributed by atoms with van der Waals surface area (Å²) in [5.74, 6) is 7.35. The number of rotatable bonds is 4. The number of alkyl halides is 1. The molecule has 0 radical (unpaired) electrons. The third-order valence-corrected chi connectivity index (χ3v) is 7.30. The predicted octanol–water partition coefficient (Wildman–Crippen LogP) is 3.20. The van der Waals surface area contributed by atoms with Crippen LogP contribution >= 0.6 is 0 Å². The Labute approximate surface area is 227 Å². The molecule has 5 rings (SSSR count). The highest BCUT2D eigenvalue weighted by Gasteiger charge is 2.25. The molecule has 10 heteroatoms. The number of nitriles is 1. The van der Waals surface area contributed by atoms with Crippen LogP contribution in [-0.4, -0.2) is 76.7 Å². The number of pyridine rings is 1. The minimum absolute atomic E-state index is 0.135. The van der Waals surface area contributed by atoms with Crippen LogP contribution in [0.4, 0.5) is 21.7 Å². The molecule has 200 valence electrons. The van der Waals surface area contributed by atoms with Crippen LogP contribution in [0.2, 0.25) is 0 Å². The molecule has 3 aromatic rings. The van der Waals surface area contributed by atoms with Crippen molar-refractivity contribution in [1.29, 1.82) is 5.26 Å². The molecule has 1 aromatic carbocycles. The Balaban J connectivity index is 1.35. The Morgan fingerprint density at radius 2 is 1.95 bits per heavy atom. The Morgan fingerprint density at radius 3 is 2.72 bits per heavy atom. The third-order valence-electron chi connectivity index (χ3n) is 7.30. The van der Waals surface area contributed by atoms with Crippen molar-refractivity contribution in [3.8, 4) is 34.9 Å². The summed E-state index contributed by atoms with van der Waals surface area (Å²) < 4.78 is 13.5. The van der Waals surface area contributed by atoms with Crippen molar-refractivity contribution in [2.24, 2.45) is 0 Å². The van der Waals surface area contributed by atoms with Gasteiger partial charge in [0.15, 0.2) is 5.82 Å². The predicted molar refractivity (Wildman–Crippen MR) is 149 cm³/mol. The van der Waals surface area contributed by atoms with E-state index in [1.54, 1.807) is 24.3 Å². The number of nitrogens with zero attached hydrogens (tertiary/aromatic N) is 7. The van der Waals surface area contributed by atoms with E-state index in [-0.39, 0.29) is 11.8 Å². The number of phenolic OH excluding ortho intramolecular Hbond substituents is 1. The van der Waals surface area contributed by atoms with Crippen molar-refractivity contribution in [3.63, 3.8) is 0 Å². The molecule has 0 saturated carbocycles. The largest absolute Gasteiger partial charge is 0.507 e. The summed E-state index contributed by atoms with van der Waals surface area (Å²) in [6, 6.07) is 14.9. The molecule has 0 spiro atoms. The number of aromatic hydroxyl groups is 1. The van der Waals surface area contributed by atoms with E-state index < -0.39 is 6.17 Å². The fourth-order valence-electron chi connectivity index (χ4n) is 5.07. The highest BCUT2D eigenvalue weighted by Crippen LogP contribution is 2.32. The molecule has 39 heavy (non-hydrogen) atoms. The second kappa shape index (κ2) is 11.5. The molecule has 0 aliphatic carbocycles. The van der Waals surface area contributed by atoms with E-state index in [1.807, 2.05) is 23.1 Å². The van der Waals surface area contributed by atoms with E-state index in [1.165, 1.54) is 0 Å². The highest BCUT2D eigenvalue weighted by atomic mass is 19.1. The number of likely N-dealkylation sites (tertiary alicyclic amines) is 1. The molecule has 2 aliphatic rings. The maximum Gasteiger partial charge on any atom is 0.169 e. The summed E-state index contributed by atoms with van der Waals surface area (Å²) in [5, 5.41) is 28.2. The second-order valence-electron chi connectivity index (χ2n) is 9.94. The number of nitrogens with two attached hydrogens (primary N) is 1. The van der Waals surface area contributed by atoms with Crippen molar-refractivity contribution >= 4 is 17.3 Å². The van der Waals surface area contributed by atoms with Crippen molar-refractivity contribution in [3.05, 3.63) is 53.7 Å². The van der Waals surface area contributed by atoms with E-state index in [0.29, 0.717) is 67.5 Å². The van der Waals surface area contributed by atoms with Crippen LogP contribution in [0.15, 0.2) is 42.5 Å². The van der Waals surface area contributed by atoms with Crippen molar-refractivity contribution < 1.29 is 9.50 Å². The van der Waals surface area contributed by atoms with Crippen molar-refractivity contribution in [2.45, 2.75) is 32.0 Å². The number of aromatic nitrogens is 3. The maximum atomic E-state index is 13.5. The number of benzene rings is 1. The molecule has 2 saturated heterocycles. The van der Waals surface area contributed by atoms with Gasteiger partial charge in [-0.25, -0.2) is 9.37 Å². The molecule has 9 nitrogen and oxygen atoms in total. The number of phenols is 1. The van der Waals surface area contributed by atoms with Crippen LogP contribution < -0.4 is 15.5 Å². The van der Waals surface area contributed by atoms with E-state index in [9.17, 15) is 14.8 Å². The minimum Gasteiger partial charge on any atom is -0.507 e. The minimum atomic E-state index is -0.789. The lowest BCUT2D eigenvalue weighted by atomic mass is 10.1. The fourth-order valence-corrected chi connectivity index (χ4v) is 5.07. The average Bonchev–Trinajstić information content (AvgIpc) is 3.26. The van der Waals surface area contributed by atoms with E-state index in [4.69, 9.17) is 10.7 Å². The lowest BCUT2D eigenvalue weighted by Crippen LogP contribution is -2.35. The standard InChI is InChI=1S/C29H31FN8O/c1-20-10-14-37(26-17-25(34-35-29(26)32)23-5-2-3-7-27(23)39)15-16-38(20)28-9-8-21(18-31)24(33-28)6-4-12-36-13-11-22(30)19-36/h2-3,5,7-9,17,20,22,39H,10-16,19H2,1H3,(H2,32,35)/t20-,22+/m1/s1. The zero-order chi connectivity index (χ0) is 27.4. The molecular formula is C29H31FN8O. The monoisotopic (exact) mass is 526 g/mol. The zero-order valence-corrected chi connectivity index (χ0v) is 21.9. The third kappa shape index (κ3) is 5.87. The van der Waals surface area contributed by atoms with Crippen LogP contribution in [0.5, 0.6) is 5.75 Å². The van der Waals surface area contributed by atoms with Crippen LogP contribution in [0.25, 0.3) is 11.3 Å². The van der Waals surface area contributed by atoms with Gasteiger partial charge in [-0.2, -0.15) is 5.26 Å². The molecule has 3 N–H and O–H groups in total. The van der Waals surface area contributed by atoms with Gasteiger partial charge in [0, 0.05) is 44.3 Å². The summed E-state index contributed by atoms with van der Waals surface area (Å²) in [6.45, 7) is 5.80. The van der Waals surface area contributed by atoms with Crippen LogP contribution in [-0.2, 0) is 0 Å². The lowest BCUT2D eigenvalue weighted by molar-refractivity contribution is 0.308.